The van der Waals surface area contributed by atoms with Crippen LogP contribution in [-0.2, 0) is 4.79 Å². The first-order valence-electron chi connectivity index (χ1n) is 15.9. The highest BCUT2D eigenvalue weighted by atomic mass is 16.4. The summed E-state index contributed by atoms with van der Waals surface area (Å²) in [5, 5.41) is 12.6. The largest absolute Gasteiger partial charge is 0.477 e. The number of nitrogens with one attached hydrogen (secondary N) is 1. The molecule has 0 spiro atoms. The monoisotopic (exact) mass is 518 g/mol. The Balaban J connectivity index is 1.77. The Hall–Kier alpha value is -1.54. The molecule has 0 unspecified atom stereocenters. The molecule has 0 aromatic heterocycles. The molecule has 37 heavy (non-hydrogen) atoms. The van der Waals surface area contributed by atoms with Gasteiger partial charge in [0.15, 0.2) is 6.54 Å². The number of nitrogens with zero attached hydrogens (tertiary/aromatic N) is 2. The van der Waals surface area contributed by atoms with E-state index >= 15 is 0 Å². The molecular formula is C32H60N3O2+. The van der Waals surface area contributed by atoms with Crippen molar-refractivity contribution in [3.63, 3.8) is 0 Å². The number of carbonyl (C=O) groups is 1. The van der Waals surface area contributed by atoms with Crippen LogP contribution in [0, 0.1) is 12.0 Å². The van der Waals surface area contributed by atoms with Crippen LogP contribution in [0.5, 0.6) is 0 Å². The zero-order valence-corrected chi connectivity index (χ0v) is 24.6. The maximum absolute atomic E-state index is 11.0. The summed E-state index contributed by atoms with van der Waals surface area (Å²) in [6.45, 7) is 8.63. The van der Waals surface area contributed by atoms with Gasteiger partial charge in [0.1, 0.15) is 0 Å². The minimum absolute atomic E-state index is 0.0338. The zero-order valence-electron chi connectivity index (χ0n) is 24.6. The smallest absolute Gasteiger partial charge is 0.369 e. The number of carboxylic acids is 1. The molecular weight excluding hydrogens is 458 g/mol. The highest BCUT2D eigenvalue weighted by Crippen LogP contribution is 2.14. The van der Waals surface area contributed by atoms with Gasteiger partial charge in [0.2, 0.25) is 12.3 Å². The van der Waals surface area contributed by atoms with Gasteiger partial charge in [-0.25, -0.2) is 9.37 Å². The molecule has 0 saturated heterocycles. The van der Waals surface area contributed by atoms with Crippen LogP contribution in [-0.4, -0.2) is 65.5 Å². The maximum atomic E-state index is 11.0. The van der Waals surface area contributed by atoms with E-state index in [2.05, 4.69) is 29.1 Å². The second-order valence-electron chi connectivity index (χ2n) is 11.1. The number of hydrogen-bond donors (Lipinski definition) is 2. The standard InChI is InChI=1S/C32H59N3O2/c1-3-4-5-6-7-8-9-10-11-12-13-14-15-16-17-18-19-20-21-22-24-33-25-27-34-26-23-31(2)35(29-28-34)30-32(36)37/h33H,3-22,24-25,27-30H2,1-2H3/p+1. The third kappa shape index (κ3) is 21.1. The summed E-state index contributed by atoms with van der Waals surface area (Å²) in [5.41, 5.74) is 0.849. The van der Waals surface area contributed by atoms with E-state index in [-0.39, 0.29) is 6.54 Å². The quantitative estimate of drug-likeness (QED) is 0.0720. The van der Waals surface area contributed by atoms with Crippen molar-refractivity contribution in [3.05, 3.63) is 0 Å². The molecule has 0 fully saturated rings. The van der Waals surface area contributed by atoms with E-state index in [1.54, 1.807) is 0 Å². The summed E-state index contributed by atoms with van der Waals surface area (Å²) in [6, 6.07) is 3.17. The van der Waals surface area contributed by atoms with E-state index in [1.807, 2.05) is 11.5 Å². The van der Waals surface area contributed by atoms with E-state index in [0.29, 0.717) is 6.54 Å². The summed E-state index contributed by atoms with van der Waals surface area (Å²) in [4.78, 5) is 13.1. The zero-order chi connectivity index (χ0) is 26.8. The summed E-state index contributed by atoms with van der Waals surface area (Å²) in [5.74, 6) is 2.29. The number of aliphatic carboxylic acids is 1. The Bertz CT molecular complexity index is 650. The van der Waals surface area contributed by atoms with Crippen molar-refractivity contribution in [2.75, 3.05) is 39.3 Å². The van der Waals surface area contributed by atoms with Gasteiger partial charge >= 0.3 is 5.97 Å². The summed E-state index contributed by atoms with van der Waals surface area (Å²) in [6.07, 6.45) is 28.4. The number of carboxylic acid groups (broad SMARTS) is 1. The minimum atomic E-state index is -0.800. The lowest BCUT2D eigenvalue weighted by atomic mass is 10.0. The molecule has 1 rings (SSSR count). The van der Waals surface area contributed by atoms with Gasteiger partial charge in [0.25, 0.3) is 0 Å². The molecule has 0 radical (unpaired) electrons. The summed E-state index contributed by atoms with van der Waals surface area (Å²) < 4.78 is 1.85. The lowest BCUT2D eigenvalue weighted by Crippen LogP contribution is -2.34. The molecule has 0 aromatic carbocycles. The Morgan fingerprint density at radius 3 is 1.70 bits per heavy atom. The van der Waals surface area contributed by atoms with Crippen molar-refractivity contribution in [2.24, 2.45) is 0 Å². The van der Waals surface area contributed by atoms with E-state index < -0.39 is 5.97 Å². The maximum Gasteiger partial charge on any atom is 0.369 e. The Kier molecular flexibility index (Phi) is 22.4. The van der Waals surface area contributed by atoms with Crippen LogP contribution in [0.15, 0.2) is 0 Å². The fourth-order valence-electron chi connectivity index (χ4n) is 5.08. The van der Waals surface area contributed by atoms with E-state index in [4.69, 9.17) is 5.11 Å². The van der Waals surface area contributed by atoms with Gasteiger partial charge in [0.05, 0.1) is 6.54 Å². The highest BCUT2D eigenvalue weighted by molar-refractivity contribution is 5.94. The Morgan fingerprint density at radius 1 is 0.784 bits per heavy atom. The lowest BCUT2D eigenvalue weighted by Gasteiger charge is -2.15. The van der Waals surface area contributed by atoms with Crippen molar-refractivity contribution in [1.82, 2.24) is 10.2 Å². The fourth-order valence-corrected chi connectivity index (χ4v) is 5.08. The van der Waals surface area contributed by atoms with E-state index in [1.165, 1.54) is 128 Å². The summed E-state index contributed by atoms with van der Waals surface area (Å²) in [7, 11) is 0. The fraction of sp³-hybridized carbons (Fsp3) is 0.875. The first-order valence-corrected chi connectivity index (χ1v) is 15.9. The van der Waals surface area contributed by atoms with Crippen LogP contribution >= 0.6 is 0 Å². The normalized spacial score (nSPS) is 13.5. The topological polar surface area (TPSA) is 55.6 Å². The van der Waals surface area contributed by atoms with Crippen LogP contribution in [0.1, 0.15) is 142 Å². The van der Waals surface area contributed by atoms with Crippen molar-refractivity contribution >= 4 is 11.7 Å². The molecule has 0 bridgehead atoms. The first-order chi connectivity index (χ1) is 18.1. The molecule has 1 aliphatic heterocycles. The van der Waals surface area contributed by atoms with Gasteiger partial charge in [-0.3, -0.25) is 0 Å². The van der Waals surface area contributed by atoms with Crippen LogP contribution in [0.4, 0.5) is 0 Å². The number of unbranched alkanes of at least 4 members (excludes halogenated alkanes) is 19. The van der Waals surface area contributed by atoms with Crippen molar-refractivity contribution < 1.29 is 14.5 Å². The Labute approximate surface area is 229 Å². The third-order valence-corrected chi connectivity index (χ3v) is 7.60. The van der Waals surface area contributed by atoms with Gasteiger partial charge in [0, 0.05) is 32.0 Å². The molecule has 1 aliphatic rings. The van der Waals surface area contributed by atoms with Crippen LogP contribution < -0.4 is 5.32 Å². The second-order valence-corrected chi connectivity index (χ2v) is 11.1. The highest BCUT2D eigenvalue weighted by Gasteiger charge is 2.17. The van der Waals surface area contributed by atoms with Gasteiger partial charge in [-0.1, -0.05) is 129 Å². The summed E-state index contributed by atoms with van der Waals surface area (Å²) >= 11 is 0. The molecule has 0 amide bonds. The van der Waals surface area contributed by atoms with Gasteiger partial charge < -0.3 is 15.3 Å². The van der Waals surface area contributed by atoms with Gasteiger partial charge in [-0.2, -0.15) is 0 Å². The molecule has 5 heteroatoms. The van der Waals surface area contributed by atoms with Crippen molar-refractivity contribution in [1.29, 1.82) is 0 Å². The van der Waals surface area contributed by atoms with Crippen molar-refractivity contribution in [2.45, 2.75) is 142 Å². The van der Waals surface area contributed by atoms with Gasteiger partial charge in [-0.05, 0) is 13.0 Å². The predicted octanol–water partition coefficient (Wildman–Crippen LogP) is 7.23. The Morgan fingerprint density at radius 2 is 1.24 bits per heavy atom. The minimum Gasteiger partial charge on any atom is -0.477 e. The molecule has 2 N–H and O–H groups in total. The molecule has 0 aromatic rings. The van der Waals surface area contributed by atoms with Crippen LogP contribution in [0.3, 0.4) is 0 Å². The molecule has 0 saturated carbocycles. The third-order valence-electron chi connectivity index (χ3n) is 7.60. The molecule has 1 heterocycles. The molecule has 214 valence electrons. The van der Waals surface area contributed by atoms with E-state index in [0.717, 1.165) is 31.9 Å². The average molecular weight is 519 g/mol. The lowest BCUT2D eigenvalue weighted by molar-refractivity contribution is -0.517. The molecule has 0 aliphatic carbocycles. The predicted molar refractivity (Wildman–Crippen MR) is 159 cm³/mol. The van der Waals surface area contributed by atoms with Crippen LogP contribution in [0.25, 0.3) is 0 Å². The van der Waals surface area contributed by atoms with Crippen LogP contribution in [0.2, 0.25) is 0 Å². The van der Waals surface area contributed by atoms with Gasteiger partial charge in [-0.15, -0.1) is 0 Å². The molecule has 0 atom stereocenters. The second kappa shape index (κ2) is 24.8. The SMILES string of the molecule is CCCCCCCCCCCCCCCCCCCCCCNCCN1C#CC(C)=[N+](CC(=O)O)CC1. The van der Waals surface area contributed by atoms with Crippen molar-refractivity contribution in [3.8, 4) is 12.0 Å². The number of rotatable bonds is 26. The average Bonchev–Trinajstić information content (AvgIpc) is 3.05. The van der Waals surface area contributed by atoms with E-state index in [9.17, 15) is 4.79 Å². The first kappa shape index (κ1) is 33.5. The number of hydrogen-bond acceptors (Lipinski definition) is 3. The molecule has 5 nitrogen and oxygen atoms in total.